The topological polar surface area (TPSA) is 63.9 Å². The lowest BCUT2D eigenvalue weighted by Crippen LogP contribution is -2.39. The van der Waals surface area contributed by atoms with Crippen LogP contribution in [0.15, 0.2) is 71.6 Å². The lowest BCUT2D eigenvalue weighted by molar-refractivity contribution is -0.137. The molecule has 6 nitrogen and oxygen atoms in total. The summed E-state index contributed by atoms with van der Waals surface area (Å²) in [6, 6.07) is 10.0. The molecule has 0 bridgehead atoms. The van der Waals surface area contributed by atoms with Crippen LogP contribution in [-0.4, -0.2) is 52.3 Å². The lowest BCUT2D eigenvalue weighted by atomic mass is 9.82. The number of unbranched alkanes of at least 4 members (excludes halogenated alkanes) is 2. The lowest BCUT2D eigenvalue weighted by Gasteiger charge is -2.38. The number of halogens is 3. The molecular weight excluding hydrogens is 663 g/mol. The van der Waals surface area contributed by atoms with E-state index in [1.54, 1.807) is 13.1 Å². The SMILES string of the molecule is CC(C)CCC1(C)COC1.CCCC/C=C(/C(C)=O)C1=C(C)CN(C(=O)c2cnc3ccccn23)CC1.CCCc1cc(CC)cc(C(F)(F)F)c1. The number of ketones is 1. The zero-order valence-electron chi connectivity index (χ0n) is 32.7. The molecule has 5 rings (SSSR count). The van der Waals surface area contributed by atoms with Crippen molar-refractivity contribution in [3.05, 3.63) is 94.0 Å². The van der Waals surface area contributed by atoms with Crippen molar-refractivity contribution in [1.82, 2.24) is 14.3 Å². The Bertz CT molecular complexity index is 1680. The molecule has 2 aromatic heterocycles. The number of Topliss-reactive ketones (excluding diaryl/α,β-unsaturated/α-hetero) is 1. The first-order valence-electron chi connectivity index (χ1n) is 19.0. The Hall–Kier alpha value is -3.72. The van der Waals surface area contributed by atoms with Gasteiger partial charge in [0.05, 0.1) is 25.0 Å². The smallest absolute Gasteiger partial charge is 0.380 e. The highest BCUT2D eigenvalue weighted by atomic mass is 19.4. The number of aryl methyl sites for hydroxylation is 2. The molecule has 0 unspecified atom stereocenters. The number of hydrogen-bond donors (Lipinski definition) is 0. The van der Waals surface area contributed by atoms with E-state index in [-0.39, 0.29) is 11.7 Å². The molecule has 9 heteroatoms. The molecule has 0 saturated carbocycles. The minimum Gasteiger partial charge on any atom is -0.380 e. The maximum atomic E-state index is 13.0. The second-order valence-electron chi connectivity index (χ2n) is 15.0. The summed E-state index contributed by atoms with van der Waals surface area (Å²) < 4.78 is 44.6. The van der Waals surface area contributed by atoms with Crippen LogP contribution in [0.2, 0.25) is 0 Å². The molecule has 1 fully saturated rings. The molecule has 0 aliphatic carbocycles. The van der Waals surface area contributed by atoms with Gasteiger partial charge < -0.3 is 9.64 Å². The zero-order chi connectivity index (χ0) is 38.5. The highest BCUT2D eigenvalue weighted by Crippen LogP contribution is 2.33. The number of alkyl halides is 3. The highest BCUT2D eigenvalue weighted by molar-refractivity contribution is 5.98. The van der Waals surface area contributed by atoms with Gasteiger partial charge in [-0.25, -0.2) is 4.98 Å². The van der Waals surface area contributed by atoms with Gasteiger partial charge in [0.2, 0.25) is 0 Å². The van der Waals surface area contributed by atoms with Gasteiger partial charge in [-0.1, -0.05) is 85.4 Å². The molecule has 1 amide bonds. The summed E-state index contributed by atoms with van der Waals surface area (Å²) in [6.07, 6.45) is 10.1. The summed E-state index contributed by atoms with van der Waals surface area (Å²) in [5.74, 6) is 0.936. The summed E-state index contributed by atoms with van der Waals surface area (Å²) >= 11 is 0. The fourth-order valence-corrected chi connectivity index (χ4v) is 6.44. The molecule has 0 N–H and O–H groups in total. The van der Waals surface area contributed by atoms with Gasteiger partial charge in [0, 0.05) is 30.3 Å². The number of rotatable bonds is 12. The van der Waals surface area contributed by atoms with Crippen LogP contribution in [0.3, 0.4) is 0 Å². The maximum absolute atomic E-state index is 13.0. The predicted molar refractivity (Wildman–Crippen MR) is 205 cm³/mol. The van der Waals surface area contributed by atoms with Crippen LogP contribution in [0.25, 0.3) is 5.65 Å². The number of amides is 1. The van der Waals surface area contributed by atoms with Crippen molar-refractivity contribution in [2.24, 2.45) is 11.3 Å². The number of carbonyl (C=O) groups excluding carboxylic acids is 2. The number of ether oxygens (including phenoxy) is 1. The van der Waals surface area contributed by atoms with Crippen molar-refractivity contribution in [2.75, 3.05) is 26.3 Å². The largest absolute Gasteiger partial charge is 0.416 e. The van der Waals surface area contributed by atoms with Gasteiger partial charge in [-0.3, -0.25) is 14.0 Å². The van der Waals surface area contributed by atoms with Gasteiger partial charge in [0.25, 0.3) is 5.91 Å². The average molecular weight is 724 g/mol. The number of imidazole rings is 1. The van der Waals surface area contributed by atoms with Gasteiger partial charge in [0.15, 0.2) is 5.78 Å². The first-order valence-corrected chi connectivity index (χ1v) is 19.0. The van der Waals surface area contributed by atoms with Crippen molar-refractivity contribution < 1.29 is 27.5 Å². The van der Waals surface area contributed by atoms with Crippen LogP contribution in [0, 0.1) is 11.3 Å². The van der Waals surface area contributed by atoms with E-state index >= 15 is 0 Å². The van der Waals surface area contributed by atoms with Crippen LogP contribution in [0.1, 0.15) is 128 Å². The molecule has 0 radical (unpaired) electrons. The van der Waals surface area contributed by atoms with Crippen LogP contribution < -0.4 is 0 Å². The van der Waals surface area contributed by atoms with Gasteiger partial charge >= 0.3 is 6.18 Å². The minimum absolute atomic E-state index is 0.0218. The normalized spacial score (nSPS) is 15.8. The van der Waals surface area contributed by atoms with E-state index in [4.69, 9.17) is 4.74 Å². The van der Waals surface area contributed by atoms with E-state index < -0.39 is 11.7 Å². The van der Waals surface area contributed by atoms with Gasteiger partial charge in [-0.2, -0.15) is 13.2 Å². The molecule has 4 heterocycles. The van der Waals surface area contributed by atoms with Crippen molar-refractivity contribution >= 4 is 17.3 Å². The number of benzene rings is 1. The van der Waals surface area contributed by atoms with E-state index in [1.165, 1.54) is 25.0 Å². The van der Waals surface area contributed by atoms with Gasteiger partial charge in [-0.15, -0.1) is 0 Å². The summed E-state index contributed by atoms with van der Waals surface area (Å²) in [6.45, 7) is 19.7. The summed E-state index contributed by atoms with van der Waals surface area (Å²) in [4.78, 5) is 31.3. The Morgan fingerprint density at radius 2 is 1.77 bits per heavy atom. The fourth-order valence-electron chi connectivity index (χ4n) is 6.44. The van der Waals surface area contributed by atoms with Gasteiger partial charge in [-0.05, 0) is 98.4 Å². The van der Waals surface area contributed by atoms with E-state index in [2.05, 4.69) is 38.8 Å². The number of nitrogens with zero attached hydrogens (tertiary/aromatic N) is 3. The van der Waals surface area contributed by atoms with Crippen LogP contribution in [-0.2, 0) is 28.5 Å². The number of carbonyl (C=O) groups is 2. The molecule has 0 atom stereocenters. The Kier molecular flexibility index (Phi) is 16.4. The second-order valence-corrected chi connectivity index (χ2v) is 15.0. The quantitative estimate of drug-likeness (QED) is 0.138. The standard InChI is InChI=1S/C22H27N3O2.C12H15F3.C9H18O/c1-4-5-6-9-19(17(3)26)18-11-13-24(15-16(18)2)22(27)20-14-23-21-10-7-8-12-25(20)21;1-3-5-10-6-9(4-2)7-11(8-10)12(13,14)15;1-8(2)4-5-9(3)6-10-7-9/h7-10,12,14H,4-6,11,13,15H2,1-3H3;6-8H,3-5H2,1-2H3;8H,4-7H2,1-3H3/b19-9-;;. The third-order valence-corrected chi connectivity index (χ3v) is 9.66. The Morgan fingerprint density at radius 1 is 1.06 bits per heavy atom. The first-order chi connectivity index (χ1) is 24.6. The fraction of sp³-hybridized carbons (Fsp3) is 0.558. The van der Waals surface area contributed by atoms with Crippen molar-refractivity contribution in [3.63, 3.8) is 0 Å². The Labute approximate surface area is 309 Å². The number of pyridine rings is 1. The summed E-state index contributed by atoms with van der Waals surface area (Å²) in [5.41, 5.74) is 5.94. The molecule has 286 valence electrons. The Morgan fingerprint density at radius 3 is 2.33 bits per heavy atom. The number of hydrogen-bond acceptors (Lipinski definition) is 4. The molecule has 2 aliphatic rings. The summed E-state index contributed by atoms with van der Waals surface area (Å²) in [5, 5.41) is 0. The zero-order valence-corrected chi connectivity index (χ0v) is 32.7. The van der Waals surface area contributed by atoms with E-state index in [0.29, 0.717) is 43.5 Å². The monoisotopic (exact) mass is 723 g/mol. The van der Waals surface area contributed by atoms with Crippen molar-refractivity contribution in [1.29, 1.82) is 0 Å². The van der Waals surface area contributed by atoms with Crippen molar-refractivity contribution in [2.45, 2.75) is 119 Å². The molecule has 1 aromatic carbocycles. The predicted octanol–water partition coefficient (Wildman–Crippen LogP) is 10.9. The third-order valence-electron chi connectivity index (χ3n) is 9.66. The molecule has 3 aromatic rings. The van der Waals surface area contributed by atoms with Crippen LogP contribution >= 0.6 is 0 Å². The maximum Gasteiger partial charge on any atom is 0.416 e. The van der Waals surface area contributed by atoms with E-state index in [9.17, 15) is 22.8 Å². The minimum atomic E-state index is -4.23. The molecule has 2 aliphatic heterocycles. The van der Waals surface area contributed by atoms with Gasteiger partial charge in [0.1, 0.15) is 11.3 Å². The van der Waals surface area contributed by atoms with E-state index in [1.807, 2.05) is 60.5 Å². The van der Waals surface area contributed by atoms with Crippen LogP contribution in [0.5, 0.6) is 0 Å². The number of fused-ring (bicyclic) bond motifs is 1. The molecular formula is C43H60F3N3O3. The third kappa shape index (κ3) is 12.5. The molecule has 0 spiro atoms. The molecule has 1 saturated heterocycles. The average Bonchev–Trinajstić information content (AvgIpc) is 3.53. The number of aromatic nitrogens is 2. The molecule has 52 heavy (non-hydrogen) atoms. The Balaban J connectivity index is 0.000000243. The first kappa shape index (κ1) is 42.7. The summed E-state index contributed by atoms with van der Waals surface area (Å²) in [7, 11) is 0. The van der Waals surface area contributed by atoms with Crippen LogP contribution in [0.4, 0.5) is 13.2 Å². The van der Waals surface area contributed by atoms with Crippen molar-refractivity contribution in [3.8, 4) is 0 Å². The van der Waals surface area contributed by atoms with E-state index in [0.717, 1.165) is 78.3 Å². The number of allylic oxidation sites excluding steroid dienone is 2. The highest BCUT2D eigenvalue weighted by Gasteiger charge is 2.33. The second kappa shape index (κ2) is 19.9.